The van der Waals surface area contributed by atoms with Crippen molar-refractivity contribution in [2.75, 3.05) is 20.1 Å². The minimum atomic E-state index is -0.402. The second-order valence-electron chi connectivity index (χ2n) is 2.85. The Labute approximate surface area is 60.9 Å². The molecule has 1 N–H and O–H groups in total. The van der Waals surface area contributed by atoms with Gasteiger partial charge < -0.3 is 10.0 Å². The molecule has 2 atom stereocenters. The van der Waals surface area contributed by atoms with Crippen molar-refractivity contribution in [1.82, 2.24) is 4.90 Å². The maximum absolute atomic E-state index is 9.24. The Morgan fingerprint density at radius 3 is 2.90 bits per heavy atom. The first kappa shape index (κ1) is 7.52. The van der Waals surface area contributed by atoms with Gasteiger partial charge in [0.1, 0.15) is 0 Å². The summed E-state index contributed by atoms with van der Waals surface area (Å²) in [6.07, 6.45) is 0.329. The Morgan fingerprint density at radius 1 is 1.70 bits per heavy atom. The molecule has 0 bridgehead atoms. The Balaban J connectivity index is 2.47. The summed E-state index contributed by atoms with van der Waals surface area (Å²) in [5.41, 5.74) is 0. The fraction of sp³-hybridized carbons (Fsp3) is 0.857. The molecule has 10 heavy (non-hydrogen) atoms. The largest absolute Gasteiger partial charge is 0.392 e. The minimum Gasteiger partial charge on any atom is -0.392 e. The maximum atomic E-state index is 9.24. The summed E-state index contributed by atoms with van der Waals surface area (Å²) in [6, 6.07) is 2.09. The molecule has 0 aliphatic carbocycles. The van der Waals surface area contributed by atoms with E-state index in [-0.39, 0.29) is 5.92 Å². The zero-order valence-electron chi connectivity index (χ0n) is 6.12. The van der Waals surface area contributed by atoms with Crippen molar-refractivity contribution in [3.8, 4) is 6.07 Å². The lowest BCUT2D eigenvalue weighted by Crippen LogP contribution is -2.40. The summed E-state index contributed by atoms with van der Waals surface area (Å²) in [5, 5.41) is 17.8. The van der Waals surface area contributed by atoms with Gasteiger partial charge in [0, 0.05) is 13.1 Å². The Hall–Kier alpha value is -0.590. The number of rotatable bonds is 0. The molecule has 1 aliphatic rings. The highest BCUT2D eigenvalue weighted by molar-refractivity contribution is 4.93. The van der Waals surface area contributed by atoms with Crippen molar-refractivity contribution in [2.45, 2.75) is 12.5 Å². The van der Waals surface area contributed by atoms with E-state index in [1.807, 2.05) is 7.05 Å². The first-order valence-corrected chi connectivity index (χ1v) is 3.50. The quantitative estimate of drug-likeness (QED) is 0.508. The van der Waals surface area contributed by atoms with Crippen molar-refractivity contribution in [3.05, 3.63) is 0 Å². The summed E-state index contributed by atoms with van der Waals surface area (Å²) in [7, 11) is 1.97. The molecule has 0 aromatic rings. The molecule has 56 valence electrons. The Bertz CT molecular complexity index is 152. The van der Waals surface area contributed by atoms with Gasteiger partial charge in [-0.2, -0.15) is 5.26 Å². The van der Waals surface area contributed by atoms with Crippen molar-refractivity contribution >= 4 is 0 Å². The fourth-order valence-corrected chi connectivity index (χ4v) is 1.23. The van der Waals surface area contributed by atoms with Gasteiger partial charge in [-0.3, -0.25) is 0 Å². The molecule has 0 radical (unpaired) electrons. The molecule has 1 saturated heterocycles. The number of nitrogens with zero attached hydrogens (tertiary/aromatic N) is 2. The van der Waals surface area contributed by atoms with Gasteiger partial charge in [-0.25, -0.2) is 0 Å². The smallest absolute Gasteiger partial charge is 0.0849 e. The topological polar surface area (TPSA) is 47.3 Å². The molecule has 0 amide bonds. The van der Waals surface area contributed by atoms with E-state index in [0.29, 0.717) is 6.54 Å². The van der Waals surface area contributed by atoms with Crippen LogP contribution in [0.5, 0.6) is 0 Å². The normalized spacial score (nSPS) is 35.3. The van der Waals surface area contributed by atoms with Crippen LogP contribution in [0.4, 0.5) is 0 Å². The van der Waals surface area contributed by atoms with Crippen LogP contribution in [-0.4, -0.2) is 36.2 Å². The van der Waals surface area contributed by atoms with E-state index < -0.39 is 6.10 Å². The number of nitriles is 1. The molecule has 0 saturated carbocycles. The third-order valence-electron chi connectivity index (χ3n) is 1.95. The number of aliphatic hydroxyl groups is 1. The molecular weight excluding hydrogens is 128 g/mol. The predicted octanol–water partition coefficient (Wildman–Crippen LogP) is -0.177. The van der Waals surface area contributed by atoms with Crippen LogP contribution in [0.25, 0.3) is 0 Å². The van der Waals surface area contributed by atoms with Crippen molar-refractivity contribution < 1.29 is 5.11 Å². The van der Waals surface area contributed by atoms with E-state index in [4.69, 9.17) is 5.26 Å². The lowest BCUT2D eigenvalue weighted by atomic mass is 9.97. The average Bonchev–Trinajstić information content (AvgIpc) is 1.94. The number of aliphatic hydroxyl groups excluding tert-OH is 1. The van der Waals surface area contributed by atoms with Gasteiger partial charge in [-0.15, -0.1) is 0 Å². The van der Waals surface area contributed by atoms with Gasteiger partial charge in [-0.1, -0.05) is 0 Å². The monoisotopic (exact) mass is 140 g/mol. The van der Waals surface area contributed by atoms with Gasteiger partial charge in [0.25, 0.3) is 0 Å². The zero-order chi connectivity index (χ0) is 7.56. The minimum absolute atomic E-state index is 0.182. The van der Waals surface area contributed by atoms with Crippen LogP contribution in [0.1, 0.15) is 6.42 Å². The van der Waals surface area contributed by atoms with Gasteiger partial charge in [-0.05, 0) is 13.5 Å². The fourth-order valence-electron chi connectivity index (χ4n) is 1.23. The molecule has 1 rings (SSSR count). The van der Waals surface area contributed by atoms with Gasteiger partial charge in [0.2, 0.25) is 0 Å². The van der Waals surface area contributed by atoms with Crippen molar-refractivity contribution in [3.63, 3.8) is 0 Å². The maximum Gasteiger partial charge on any atom is 0.0849 e. The Morgan fingerprint density at radius 2 is 2.40 bits per heavy atom. The molecule has 3 nitrogen and oxygen atoms in total. The lowest BCUT2D eigenvalue weighted by Gasteiger charge is -2.29. The summed E-state index contributed by atoms with van der Waals surface area (Å²) in [5.74, 6) is -0.182. The average molecular weight is 140 g/mol. The standard InChI is InChI=1S/C7H12N2O/c1-9-3-2-7(10)6(4-8)5-9/h6-7,10H,2-3,5H2,1H3. The summed E-state index contributed by atoms with van der Waals surface area (Å²) in [4.78, 5) is 2.07. The number of hydrogen-bond acceptors (Lipinski definition) is 3. The molecule has 0 spiro atoms. The highest BCUT2D eigenvalue weighted by Gasteiger charge is 2.25. The Kier molecular flexibility index (Phi) is 2.25. The van der Waals surface area contributed by atoms with Crippen LogP contribution in [0.3, 0.4) is 0 Å². The highest BCUT2D eigenvalue weighted by Crippen LogP contribution is 2.14. The van der Waals surface area contributed by atoms with Crippen LogP contribution < -0.4 is 0 Å². The number of hydrogen-bond donors (Lipinski definition) is 1. The van der Waals surface area contributed by atoms with E-state index in [1.54, 1.807) is 0 Å². The first-order chi connectivity index (χ1) is 4.74. The molecule has 1 heterocycles. The van der Waals surface area contributed by atoms with Crippen LogP contribution in [0, 0.1) is 17.2 Å². The molecule has 1 aliphatic heterocycles. The van der Waals surface area contributed by atoms with Crippen molar-refractivity contribution in [2.24, 2.45) is 5.92 Å². The molecule has 1 fully saturated rings. The van der Waals surface area contributed by atoms with E-state index in [1.165, 1.54) is 0 Å². The second kappa shape index (κ2) is 3.00. The SMILES string of the molecule is CN1CCC(O)C(C#N)C1. The number of likely N-dealkylation sites (tertiary alicyclic amines) is 1. The zero-order valence-corrected chi connectivity index (χ0v) is 6.12. The van der Waals surface area contributed by atoms with E-state index in [2.05, 4.69) is 11.0 Å². The molecule has 0 aromatic heterocycles. The van der Waals surface area contributed by atoms with Crippen LogP contribution in [0.2, 0.25) is 0 Å². The van der Waals surface area contributed by atoms with Crippen LogP contribution in [0.15, 0.2) is 0 Å². The predicted molar refractivity (Wildman–Crippen MR) is 37.2 cm³/mol. The van der Waals surface area contributed by atoms with Gasteiger partial charge in [0.05, 0.1) is 18.1 Å². The second-order valence-corrected chi connectivity index (χ2v) is 2.85. The molecule has 3 heteroatoms. The highest BCUT2D eigenvalue weighted by atomic mass is 16.3. The van der Waals surface area contributed by atoms with E-state index >= 15 is 0 Å². The van der Waals surface area contributed by atoms with E-state index in [9.17, 15) is 5.11 Å². The first-order valence-electron chi connectivity index (χ1n) is 3.50. The van der Waals surface area contributed by atoms with E-state index in [0.717, 1.165) is 13.0 Å². The lowest BCUT2D eigenvalue weighted by molar-refractivity contribution is 0.0610. The summed E-state index contributed by atoms with van der Waals surface area (Å²) < 4.78 is 0. The summed E-state index contributed by atoms with van der Waals surface area (Å²) in [6.45, 7) is 1.61. The molecule has 2 unspecified atom stereocenters. The third-order valence-corrected chi connectivity index (χ3v) is 1.95. The van der Waals surface area contributed by atoms with Crippen LogP contribution >= 0.6 is 0 Å². The van der Waals surface area contributed by atoms with Crippen molar-refractivity contribution in [1.29, 1.82) is 5.26 Å². The van der Waals surface area contributed by atoms with Gasteiger partial charge in [0.15, 0.2) is 0 Å². The molecular formula is C7H12N2O. The number of piperidine rings is 1. The van der Waals surface area contributed by atoms with Gasteiger partial charge >= 0.3 is 0 Å². The summed E-state index contributed by atoms with van der Waals surface area (Å²) >= 11 is 0. The molecule has 0 aromatic carbocycles. The van der Waals surface area contributed by atoms with Crippen LogP contribution in [-0.2, 0) is 0 Å². The third kappa shape index (κ3) is 1.47.